The Morgan fingerprint density at radius 2 is 0.345 bits per heavy atom. The summed E-state index contributed by atoms with van der Waals surface area (Å²) in [5, 5.41) is 74.7. The van der Waals surface area contributed by atoms with Crippen molar-refractivity contribution in [3.63, 3.8) is 0 Å². The zero-order chi connectivity index (χ0) is 59.9. The molecular weight excluding hydrogens is 1120 g/mol. The number of hydrogen-bond acceptors (Lipinski definition) is 8. The first-order valence-electron chi connectivity index (χ1n) is 27.3. The summed E-state index contributed by atoms with van der Waals surface area (Å²) < 4.78 is 25.6. The molecule has 2 aliphatic heterocycles. The SMILES string of the molecule is CC1(C)O[C@@H](C([O-])(c2ccccc2)c2ccccc2)[C@H](C([O-])(c2ccccc2)c2ccccc2)O1.CC1(C)O[C@@H](C([O-])(c2ccccc2)c2ccccc2)[C@H](C([O-])(c2ccccc2)c2ccccc2)O1.C[N-]C.C[N-]C.C[N-]C.C[N-]C.[Ti+4].[Ti+4]. The van der Waals surface area contributed by atoms with Crippen LogP contribution in [0.1, 0.15) is 72.2 Å². The zero-order valence-electron chi connectivity index (χ0n) is 50.5. The van der Waals surface area contributed by atoms with Crippen molar-refractivity contribution < 1.29 is 82.8 Å². The third-order valence-electron chi connectivity index (χ3n) is 13.4. The molecule has 4 atom stereocenters. The van der Waals surface area contributed by atoms with Crippen LogP contribution in [0.4, 0.5) is 0 Å². The van der Waals surface area contributed by atoms with Crippen LogP contribution in [0.15, 0.2) is 243 Å². The molecule has 0 amide bonds. The summed E-state index contributed by atoms with van der Waals surface area (Å²) in [5.41, 5.74) is -3.40. The second kappa shape index (κ2) is 34.8. The molecule has 0 unspecified atom stereocenters. The average molecular weight is 1200 g/mol. The molecule has 0 saturated carbocycles. The molecule has 2 heterocycles. The molecule has 0 bridgehead atoms. The monoisotopic (exact) mass is 1200 g/mol. The summed E-state index contributed by atoms with van der Waals surface area (Å²) >= 11 is 0. The molecule has 10 rings (SSSR count). The van der Waals surface area contributed by atoms with E-state index in [-0.39, 0.29) is 43.4 Å². The molecule has 0 aromatic heterocycles. The summed E-state index contributed by atoms with van der Waals surface area (Å²) in [4.78, 5) is 0. The smallest absolute Gasteiger partial charge is 0.841 e. The van der Waals surface area contributed by atoms with Crippen LogP contribution >= 0.6 is 0 Å². The third kappa shape index (κ3) is 17.5. The molecule has 0 aliphatic carbocycles. The molecule has 0 radical (unpaired) electrons. The van der Waals surface area contributed by atoms with Crippen molar-refractivity contribution in [2.45, 2.75) is 86.1 Å². The molecule has 0 spiro atoms. The molecular formula is C70H80N4O8Ti2. The van der Waals surface area contributed by atoms with E-state index in [1.54, 1.807) is 181 Å². The molecule has 12 nitrogen and oxygen atoms in total. The van der Waals surface area contributed by atoms with Gasteiger partial charge in [-0.2, -0.15) is 56.4 Å². The fraction of sp³-hybridized carbons (Fsp3) is 0.314. The maximum atomic E-state index is 15.2. The quantitative estimate of drug-likeness (QED) is 0.108. The van der Waals surface area contributed by atoms with E-state index >= 15 is 20.4 Å². The first-order chi connectivity index (χ1) is 39.4. The van der Waals surface area contributed by atoms with Gasteiger partial charge in [0.2, 0.25) is 0 Å². The minimum Gasteiger partial charge on any atom is -0.841 e. The Bertz CT molecular complexity index is 2430. The van der Waals surface area contributed by atoms with Crippen LogP contribution in [0, 0.1) is 0 Å². The van der Waals surface area contributed by atoms with Gasteiger partial charge in [0.1, 0.15) is 0 Å². The Hall–Kier alpha value is -5.29. The second-order valence-electron chi connectivity index (χ2n) is 20.6. The van der Waals surface area contributed by atoms with E-state index in [0.29, 0.717) is 44.5 Å². The Kier molecular flexibility index (Phi) is 30.2. The van der Waals surface area contributed by atoms with Gasteiger partial charge in [-0.05, 0) is 50.1 Å². The third-order valence-corrected chi connectivity index (χ3v) is 13.4. The molecule has 84 heavy (non-hydrogen) atoms. The largest absolute Gasteiger partial charge is 4.00 e. The number of hydrogen-bond donors (Lipinski definition) is 0. The van der Waals surface area contributed by atoms with E-state index in [1.807, 2.05) is 146 Å². The zero-order valence-corrected chi connectivity index (χ0v) is 53.6. The second-order valence-corrected chi connectivity index (χ2v) is 20.6. The Morgan fingerprint density at radius 1 is 0.250 bits per heavy atom. The summed E-state index contributed by atoms with van der Waals surface area (Å²) in [7, 11) is 14.0. The van der Waals surface area contributed by atoms with Gasteiger partial charge in [-0.3, -0.25) is 0 Å². The van der Waals surface area contributed by atoms with E-state index < -0.39 is 58.4 Å². The standard InChI is InChI=1S/2C31H28O4.4C2H6N.2Ti/c2*1-29(2)34-27(30(32,23-15-7-3-8-16-23)24-17-9-4-10-18-24)28(35-29)31(33,25-19-11-5-12-20-25)26-21-13-6-14-22-26;4*1-3-2;;/h2*3-22,27-28H,1-2H3;4*1-2H3;;/q2*-2;4*-1;2*+4/t2*27-,28-;;;;;;/m11....../s1. The van der Waals surface area contributed by atoms with E-state index in [1.165, 1.54) is 0 Å². The van der Waals surface area contributed by atoms with Crippen LogP contribution in [0.5, 0.6) is 0 Å². The minimum atomic E-state index is -1.89. The van der Waals surface area contributed by atoms with Gasteiger partial charge < -0.3 is 60.6 Å². The van der Waals surface area contributed by atoms with Gasteiger partial charge in [-0.15, -0.1) is 0 Å². The van der Waals surface area contributed by atoms with Crippen molar-refractivity contribution in [2.75, 3.05) is 56.4 Å². The predicted molar refractivity (Wildman–Crippen MR) is 323 cm³/mol. The van der Waals surface area contributed by atoms with Crippen LogP contribution in [-0.4, -0.2) is 92.4 Å². The van der Waals surface area contributed by atoms with Crippen molar-refractivity contribution in [2.24, 2.45) is 0 Å². The number of rotatable bonds is 12. The van der Waals surface area contributed by atoms with Crippen molar-refractivity contribution in [3.8, 4) is 0 Å². The first-order valence-corrected chi connectivity index (χ1v) is 27.3. The number of benzene rings is 8. The number of ether oxygens (including phenoxy) is 4. The van der Waals surface area contributed by atoms with Crippen molar-refractivity contribution in [1.82, 2.24) is 0 Å². The fourth-order valence-corrected chi connectivity index (χ4v) is 10.2. The topological polar surface area (TPSA) is 186 Å². The summed E-state index contributed by atoms with van der Waals surface area (Å²) in [6, 6.07) is 73.0. The maximum Gasteiger partial charge on any atom is 4.00 e. The summed E-state index contributed by atoms with van der Waals surface area (Å²) in [6.45, 7) is 7.03. The van der Waals surface area contributed by atoms with Crippen LogP contribution in [0.2, 0.25) is 0 Å². The predicted octanol–water partition coefficient (Wildman–Crippen LogP) is 10.7. The molecule has 2 saturated heterocycles. The summed E-state index contributed by atoms with van der Waals surface area (Å²) in [6.07, 6.45) is -4.44. The maximum absolute atomic E-state index is 15.2. The van der Waals surface area contributed by atoms with Crippen molar-refractivity contribution in [1.29, 1.82) is 0 Å². The number of nitrogens with zero attached hydrogens (tertiary/aromatic N) is 4. The van der Waals surface area contributed by atoms with Gasteiger partial charge in [0.25, 0.3) is 0 Å². The van der Waals surface area contributed by atoms with Crippen LogP contribution in [0.3, 0.4) is 0 Å². The van der Waals surface area contributed by atoms with Crippen molar-refractivity contribution >= 4 is 0 Å². The van der Waals surface area contributed by atoms with Crippen LogP contribution in [-0.2, 0) is 84.8 Å². The Labute approximate surface area is 530 Å². The van der Waals surface area contributed by atoms with Gasteiger partial charge >= 0.3 is 43.4 Å². The van der Waals surface area contributed by atoms with Crippen LogP contribution in [0.25, 0.3) is 21.3 Å². The molecule has 8 aromatic rings. The minimum absolute atomic E-state index is 0. The van der Waals surface area contributed by atoms with Gasteiger partial charge in [-0.1, -0.05) is 287 Å². The van der Waals surface area contributed by atoms with Gasteiger partial charge in [0.15, 0.2) is 11.6 Å². The van der Waals surface area contributed by atoms with Crippen molar-refractivity contribution in [3.05, 3.63) is 308 Å². The molecule has 8 aromatic carbocycles. The molecule has 2 fully saturated rings. The average Bonchev–Trinajstić information content (AvgIpc) is 2.88. The Balaban J connectivity index is 0.000000363. The fourth-order valence-electron chi connectivity index (χ4n) is 10.2. The van der Waals surface area contributed by atoms with Gasteiger partial charge in [0.05, 0.1) is 24.4 Å². The molecule has 2 aliphatic rings. The molecule has 0 N–H and O–H groups in total. The van der Waals surface area contributed by atoms with E-state index in [0.717, 1.165) is 0 Å². The van der Waals surface area contributed by atoms with Gasteiger partial charge in [0, 0.05) is 0 Å². The van der Waals surface area contributed by atoms with E-state index in [9.17, 15) is 0 Å². The van der Waals surface area contributed by atoms with Gasteiger partial charge in [-0.25, -0.2) is 0 Å². The summed E-state index contributed by atoms with van der Waals surface area (Å²) in [5.74, 6) is -2.26. The first kappa shape index (κ1) is 73.0. The molecule has 436 valence electrons. The van der Waals surface area contributed by atoms with E-state index in [2.05, 4.69) is 21.3 Å². The molecule has 14 heteroatoms. The van der Waals surface area contributed by atoms with Crippen LogP contribution < -0.4 is 20.4 Å². The normalized spacial score (nSPS) is 17.5. The Morgan fingerprint density at radius 3 is 0.440 bits per heavy atom. The van der Waals surface area contributed by atoms with E-state index in [4.69, 9.17) is 18.9 Å².